The third-order valence-electron chi connectivity index (χ3n) is 8.34. The molecular formula is C25H10F42O3. The Balaban J connectivity index is 6.49. The van der Waals surface area contributed by atoms with Gasteiger partial charge in [-0.25, -0.2) is 0 Å². The van der Waals surface area contributed by atoms with E-state index in [0.717, 1.165) is 0 Å². The first-order chi connectivity index (χ1) is 29.6. The third kappa shape index (κ3) is 8.88. The average molecular weight is 1160 g/mol. The normalized spacial score (nSPS) is 17.0. The van der Waals surface area contributed by atoms with Gasteiger partial charge in [-0.15, -0.1) is 0 Å². The van der Waals surface area contributed by atoms with Crippen LogP contribution in [0.25, 0.3) is 0 Å². The molecule has 0 saturated carbocycles. The molecule has 0 aliphatic rings. The molecule has 0 rings (SSSR count). The van der Waals surface area contributed by atoms with E-state index in [1.807, 2.05) is 0 Å². The minimum atomic E-state index is -9.62. The van der Waals surface area contributed by atoms with Gasteiger partial charge in [0.1, 0.15) is 19.3 Å². The Bertz CT molecular complexity index is 1670. The number of rotatable bonds is 24. The summed E-state index contributed by atoms with van der Waals surface area (Å²) in [7, 11) is 0. The molecule has 0 fully saturated rings. The van der Waals surface area contributed by atoms with Crippen LogP contribution in [0, 0.1) is 0 Å². The van der Waals surface area contributed by atoms with Crippen LogP contribution in [0.3, 0.4) is 0 Å². The summed E-state index contributed by atoms with van der Waals surface area (Å²) in [6.45, 7) is -13.6. The average Bonchev–Trinajstić information content (AvgIpc) is 3.12. The van der Waals surface area contributed by atoms with Gasteiger partial charge in [-0.1, -0.05) is 0 Å². The summed E-state index contributed by atoms with van der Waals surface area (Å²) in [6, 6.07) is 0. The van der Waals surface area contributed by atoms with E-state index in [1.165, 1.54) is 0 Å². The molecule has 0 aliphatic carbocycles. The van der Waals surface area contributed by atoms with Gasteiger partial charge in [0, 0.05) is 0 Å². The van der Waals surface area contributed by atoms with Crippen LogP contribution in [0.2, 0.25) is 0 Å². The Morgan fingerprint density at radius 2 is 0.343 bits per heavy atom. The fourth-order valence-electron chi connectivity index (χ4n) is 4.06. The minimum absolute atomic E-state index is 2.75. The fraction of sp³-hybridized carbons (Fsp3) is 1.00. The Morgan fingerprint density at radius 1 is 0.214 bits per heavy atom. The van der Waals surface area contributed by atoms with E-state index in [9.17, 15) is 190 Å². The molecule has 0 aliphatic heterocycles. The molecule has 0 aromatic carbocycles. The van der Waals surface area contributed by atoms with Crippen LogP contribution < -0.4 is 0 Å². The monoisotopic (exact) mass is 1160 g/mol. The van der Waals surface area contributed by atoms with Crippen molar-refractivity contribution in [2.75, 3.05) is 26.4 Å². The molecule has 0 atom stereocenters. The van der Waals surface area contributed by atoms with E-state index in [1.54, 1.807) is 0 Å². The molecule has 0 amide bonds. The largest absolute Gasteiger partial charge is 0.460 e. The van der Waals surface area contributed by atoms with Gasteiger partial charge in [-0.2, -0.15) is 184 Å². The summed E-state index contributed by atoms with van der Waals surface area (Å²) >= 11 is 0. The van der Waals surface area contributed by atoms with Gasteiger partial charge in [0.25, 0.3) is 0 Å². The fourth-order valence-corrected chi connectivity index (χ4v) is 4.06. The number of aliphatic hydroxyl groups excluding tert-OH is 1. The molecule has 422 valence electrons. The van der Waals surface area contributed by atoms with E-state index in [0.29, 0.717) is 0 Å². The molecule has 0 radical (unpaired) electrons. The lowest BCUT2D eigenvalue weighted by Crippen LogP contribution is -2.77. The summed E-state index contributed by atoms with van der Waals surface area (Å²) in [5.74, 6) is -163. The quantitative estimate of drug-likeness (QED) is 0.0979. The molecule has 0 spiro atoms. The van der Waals surface area contributed by atoms with Crippen molar-refractivity contribution in [1.82, 2.24) is 0 Å². The summed E-state index contributed by atoms with van der Waals surface area (Å²) in [6.07, 6.45) is -20.1. The molecule has 0 aromatic heterocycles. The number of hydrogen-bond donors (Lipinski definition) is 1. The zero-order valence-electron chi connectivity index (χ0n) is 30.5. The van der Waals surface area contributed by atoms with Gasteiger partial charge in [-0.05, 0) is 0 Å². The van der Waals surface area contributed by atoms with E-state index in [-0.39, 0.29) is 0 Å². The highest BCUT2D eigenvalue weighted by Gasteiger charge is 3.00. The van der Waals surface area contributed by atoms with Crippen molar-refractivity contribution >= 4 is 0 Å². The SMILES string of the molecule is OC(COCC(F)(F)C(F)(F)C(F)(F)C(F)(F)C(F)(F)C(F)(F)C(F)(F)C(F)(F)C(F)(F)C(F)(F)F)COCC(F)(F)C(F)(F)C(F)(F)C(F)(F)C(F)(F)C(F)(F)C(F)(F)C(F)(F)C(F)(F)C(F)(F)F. The first-order valence-electron chi connectivity index (χ1n) is 15.4. The lowest BCUT2D eigenvalue weighted by Gasteiger charge is -2.44. The maximum Gasteiger partial charge on any atom is 0.460 e. The molecule has 0 unspecified atom stereocenters. The maximum absolute atomic E-state index is 13.9. The number of hydrogen-bond acceptors (Lipinski definition) is 3. The summed E-state index contributed by atoms with van der Waals surface area (Å²) < 4.78 is 569. The zero-order valence-corrected chi connectivity index (χ0v) is 30.5. The van der Waals surface area contributed by atoms with Gasteiger partial charge in [0.05, 0.1) is 13.2 Å². The molecule has 0 bridgehead atoms. The standard InChI is InChI=1S/C25H10F42O3/c26-6(27,8(30,31)10(34,35)12(38,39)14(42,43)16(46,47)18(50,51)20(54,55)22(58,59)24(62,63)64)3-69-1-5(68)2-70-4-7(28,29)9(32,33)11(36,37)13(40,41)15(44,45)17(48,49)19(52,53)21(56,57)23(60,61)25(65,66)67/h5,68H,1-4H2. The van der Waals surface area contributed by atoms with Gasteiger partial charge < -0.3 is 14.6 Å². The van der Waals surface area contributed by atoms with Gasteiger partial charge in [0.15, 0.2) is 0 Å². The first-order valence-corrected chi connectivity index (χ1v) is 15.4. The van der Waals surface area contributed by atoms with Crippen LogP contribution >= 0.6 is 0 Å². The summed E-state index contributed by atoms with van der Waals surface area (Å²) in [5, 5.41) is 9.19. The minimum Gasteiger partial charge on any atom is -0.388 e. The number of halogens is 42. The summed E-state index contributed by atoms with van der Waals surface area (Å²) in [4.78, 5) is 0. The van der Waals surface area contributed by atoms with Crippen molar-refractivity contribution in [3.05, 3.63) is 0 Å². The lowest BCUT2D eigenvalue weighted by atomic mass is 9.86. The van der Waals surface area contributed by atoms with Crippen molar-refractivity contribution in [1.29, 1.82) is 0 Å². The van der Waals surface area contributed by atoms with E-state index >= 15 is 0 Å². The molecule has 0 aromatic rings. The lowest BCUT2D eigenvalue weighted by molar-refractivity contribution is -0.474. The maximum atomic E-state index is 13.9. The topological polar surface area (TPSA) is 38.7 Å². The predicted octanol–water partition coefficient (Wildman–Crippen LogP) is 12.9. The molecule has 45 heteroatoms. The highest BCUT2D eigenvalue weighted by atomic mass is 19.5. The number of ether oxygens (including phenoxy) is 2. The number of aliphatic hydroxyl groups is 1. The summed E-state index contributed by atoms with van der Waals surface area (Å²) in [5.41, 5.74) is 0. The molecular weight excluding hydrogens is 1150 g/mol. The Kier molecular flexibility index (Phi) is 16.8. The van der Waals surface area contributed by atoms with Crippen LogP contribution in [0.4, 0.5) is 184 Å². The second-order valence-corrected chi connectivity index (χ2v) is 13.3. The predicted molar refractivity (Wildman–Crippen MR) is 129 cm³/mol. The molecule has 70 heavy (non-hydrogen) atoms. The van der Waals surface area contributed by atoms with E-state index in [2.05, 4.69) is 9.47 Å². The van der Waals surface area contributed by atoms with Crippen LogP contribution in [-0.4, -0.2) is 157 Å². The second-order valence-electron chi connectivity index (χ2n) is 13.3. The first kappa shape index (κ1) is 66.9. The van der Waals surface area contributed by atoms with Crippen LogP contribution in [0.5, 0.6) is 0 Å². The second kappa shape index (κ2) is 17.5. The molecule has 0 saturated heterocycles. The Labute approximate surface area is 351 Å². The van der Waals surface area contributed by atoms with Crippen LogP contribution in [0.1, 0.15) is 0 Å². The van der Waals surface area contributed by atoms with Crippen LogP contribution in [-0.2, 0) is 9.47 Å². The van der Waals surface area contributed by atoms with Gasteiger partial charge in [0.2, 0.25) is 0 Å². The zero-order chi connectivity index (χ0) is 57.8. The Hall–Kier alpha value is -3.06. The van der Waals surface area contributed by atoms with Crippen molar-refractivity contribution in [2.24, 2.45) is 0 Å². The van der Waals surface area contributed by atoms with Crippen molar-refractivity contribution in [3.8, 4) is 0 Å². The van der Waals surface area contributed by atoms with Crippen molar-refractivity contribution in [2.45, 2.75) is 125 Å². The van der Waals surface area contributed by atoms with E-state index in [4.69, 9.17) is 0 Å². The van der Waals surface area contributed by atoms with Gasteiger partial charge >= 0.3 is 119 Å². The number of alkyl halides is 42. The smallest absolute Gasteiger partial charge is 0.388 e. The van der Waals surface area contributed by atoms with Gasteiger partial charge in [-0.3, -0.25) is 0 Å². The molecule has 3 nitrogen and oxygen atoms in total. The van der Waals surface area contributed by atoms with Crippen molar-refractivity contribution in [3.63, 3.8) is 0 Å². The third-order valence-corrected chi connectivity index (χ3v) is 8.34. The Morgan fingerprint density at radius 3 is 0.486 bits per heavy atom. The highest BCUT2D eigenvalue weighted by molar-refractivity contribution is 5.19. The highest BCUT2D eigenvalue weighted by Crippen LogP contribution is 2.68. The molecule has 1 N–H and O–H groups in total. The van der Waals surface area contributed by atoms with E-state index < -0.39 is 151 Å². The van der Waals surface area contributed by atoms with Crippen molar-refractivity contribution < 1.29 is 199 Å². The molecule has 0 heterocycles. The van der Waals surface area contributed by atoms with Crippen LogP contribution in [0.15, 0.2) is 0 Å².